The van der Waals surface area contributed by atoms with Crippen LogP contribution in [0, 0.1) is 0 Å². The largest absolute Gasteiger partial charge is 0.497 e. The second-order valence-electron chi connectivity index (χ2n) is 5.83. The number of nitrogens with zero attached hydrogens (tertiary/aromatic N) is 1. The van der Waals surface area contributed by atoms with Crippen LogP contribution in [-0.4, -0.2) is 35.8 Å². The Hall–Kier alpha value is -2.51. The fourth-order valence-corrected chi connectivity index (χ4v) is 3.79. The molecule has 3 rings (SSSR count). The van der Waals surface area contributed by atoms with Crippen molar-refractivity contribution >= 4 is 52.5 Å². The number of benzene rings is 2. The average Bonchev–Trinajstić information content (AvgIpc) is 2.94. The summed E-state index contributed by atoms with van der Waals surface area (Å²) in [7, 11) is 1.57. The van der Waals surface area contributed by atoms with Crippen LogP contribution in [0.25, 0.3) is 0 Å². The van der Waals surface area contributed by atoms with Crippen LogP contribution in [-0.2, 0) is 14.4 Å². The SMILES string of the molecule is COc1ccc(NC(=O)CS[C@H]2CC(=O)N(c3cccc(Cl)c3)C2=O)cc1. The van der Waals surface area contributed by atoms with Crippen LogP contribution in [0.1, 0.15) is 6.42 Å². The molecule has 1 atom stereocenters. The van der Waals surface area contributed by atoms with Gasteiger partial charge < -0.3 is 10.1 Å². The van der Waals surface area contributed by atoms with Crippen molar-refractivity contribution in [2.24, 2.45) is 0 Å². The van der Waals surface area contributed by atoms with Gasteiger partial charge in [-0.2, -0.15) is 0 Å². The van der Waals surface area contributed by atoms with Crippen molar-refractivity contribution in [3.8, 4) is 5.75 Å². The number of amides is 3. The van der Waals surface area contributed by atoms with Crippen LogP contribution in [0.3, 0.4) is 0 Å². The number of methoxy groups -OCH3 is 1. The quantitative estimate of drug-likeness (QED) is 0.747. The van der Waals surface area contributed by atoms with E-state index in [1.165, 1.54) is 0 Å². The Balaban J connectivity index is 1.57. The Kier molecular flexibility index (Phi) is 6.03. The van der Waals surface area contributed by atoms with Gasteiger partial charge in [-0.15, -0.1) is 11.8 Å². The number of hydrogen-bond donors (Lipinski definition) is 1. The minimum absolute atomic E-state index is 0.0613. The molecule has 0 unspecified atom stereocenters. The van der Waals surface area contributed by atoms with Crippen LogP contribution in [0.4, 0.5) is 11.4 Å². The van der Waals surface area contributed by atoms with Gasteiger partial charge in [0, 0.05) is 17.1 Å². The molecular formula is C19H17ClN2O4S. The van der Waals surface area contributed by atoms with Crippen molar-refractivity contribution in [3.63, 3.8) is 0 Å². The number of anilines is 2. The van der Waals surface area contributed by atoms with Crippen molar-refractivity contribution in [2.75, 3.05) is 23.1 Å². The summed E-state index contributed by atoms with van der Waals surface area (Å²) in [5, 5.41) is 2.61. The minimum Gasteiger partial charge on any atom is -0.497 e. The minimum atomic E-state index is -0.585. The number of carbonyl (C=O) groups excluding carboxylic acids is 3. The van der Waals surface area contributed by atoms with Crippen molar-refractivity contribution in [1.29, 1.82) is 0 Å². The molecule has 0 aromatic heterocycles. The van der Waals surface area contributed by atoms with Gasteiger partial charge >= 0.3 is 0 Å². The standard InChI is InChI=1S/C19H17ClN2O4S/c1-26-15-7-5-13(6-8-15)21-17(23)11-27-16-10-18(24)22(19(16)25)14-4-2-3-12(20)9-14/h2-9,16H,10-11H2,1H3,(H,21,23)/t16-/m0/s1. The molecule has 8 heteroatoms. The van der Waals surface area contributed by atoms with Gasteiger partial charge in [-0.3, -0.25) is 14.4 Å². The molecular weight excluding hydrogens is 388 g/mol. The van der Waals surface area contributed by atoms with Gasteiger partial charge in [0.2, 0.25) is 17.7 Å². The Labute approximate surface area is 165 Å². The fraction of sp³-hybridized carbons (Fsp3) is 0.211. The summed E-state index contributed by atoms with van der Waals surface area (Å²) in [5.74, 6) is -0.107. The van der Waals surface area contributed by atoms with E-state index in [-0.39, 0.29) is 29.9 Å². The first-order valence-corrected chi connectivity index (χ1v) is 9.58. The van der Waals surface area contributed by atoms with Crippen molar-refractivity contribution in [1.82, 2.24) is 0 Å². The Morgan fingerprint density at radius 2 is 2.00 bits per heavy atom. The second-order valence-corrected chi connectivity index (χ2v) is 7.46. The number of nitrogens with one attached hydrogen (secondary N) is 1. The predicted molar refractivity (Wildman–Crippen MR) is 106 cm³/mol. The van der Waals surface area contributed by atoms with Crippen LogP contribution in [0.15, 0.2) is 48.5 Å². The van der Waals surface area contributed by atoms with Crippen LogP contribution < -0.4 is 15.0 Å². The molecule has 1 saturated heterocycles. The lowest BCUT2D eigenvalue weighted by Gasteiger charge is -2.15. The summed E-state index contributed by atoms with van der Waals surface area (Å²) in [4.78, 5) is 38.1. The fourth-order valence-electron chi connectivity index (χ4n) is 2.67. The third-order valence-corrected chi connectivity index (χ3v) is 5.40. The molecule has 0 saturated carbocycles. The first-order chi connectivity index (χ1) is 13.0. The van der Waals surface area contributed by atoms with Crippen LogP contribution in [0.2, 0.25) is 5.02 Å². The van der Waals surface area contributed by atoms with Crippen molar-refractivity contribution in [3.05, 3.63) is 53.6 Å². The maximum Gasteiger partial charge on any atom is 0.247 e. The highest BCUT2D eigenvalue weighted by atomic mass is 35.5. The first-order valence-electron chi connectivity index (χ1n) is 8.16. The normalized spacial score (nSPS) is 16.5. The van der Waals surface area contributed by atoms with E-state index >= 15 is 0 Å². The summed E-state index contributed by atoms with van der Waals surface area (Å²) in [6, 6.07) is 13.5. The van der Waals surface area contributed by atoms with Crippen LogP contribution >= 0.6 is 23.4 Å². The number of hydrogen-bond acceptors (Lipinski definition) is 5. The zero-order valence-corrected chi connectivity index (χ0v) is 16.0. The lowest BCUT2D eigenvalue weighted by molar-refractivity contribution is -0.121. The van der Waals surface area contributed by atoms with E-state index in [2.05, 4.69) is 5.32 Å². The van der Waals surface area contributed by atoms with E-state index in [0.29, 0.717) is 22.1 Å². The van der Waals surface area contributed by atoms with Gasteiger partial charge in [0.05, 0.1) is 23.8 Å². The lowest BCUT2D eigenvalue weighted by Crippen LogP contribution is -2.31. The highest BCUT2D eigenvalue weighted by Gasteiger charge is 2.40. The van der Waals surface area contributed by atoms with Crippen molar-refractivity contribution in [2.45, 2.75) is 11.7 Å². The Morgan fingerprint density at radius 3 is 2.67 bits per heavy atom. The molecule has 1 heterocycles. The Morgan fingerprint density at radius 1 is 1.26 bits per heavy atom. The molecule has 140 valence electrons. The number of carbonyl (C=O) groups is 3. The number of thioether (sulfide) groups is 1. The monoisotopic (exact) mass is 404 g/mol. The summed E-state index contributed by atoms with van der Waals surface area (Å²) >= 11 is 7.09. The van der Waals surface area contributed by atoms with Gasteiger partial charge in [0.25, 0.3) is 0 Å². The van der Waals surface area contributed by atoms with E-state index in [4.69, 9.17) is 16.3 Å². The molecule has 0 spiro atoms. The van der Waals surface area contributed by atoms with Gasteiger partial charge in [0.1, 0.15) is 5.75 Å². The summed E-state index contributed by atoms with van der Waals surface area (Å²) in [5.41, 5.74) is 1.08. The molecule has 3 amide bonds. The molecule has 1 fully saturated rings. The predicted octanol–water partition coefficient (Wildman–Crippen LogP) is 3.35. The highest BCUT2D eigenvalue weighted by molar-refractivity contribution is 8.01. The summed E-state index contributed by atoms with van der Waals surface area (Å²) in [6.45, 7) is 0. The number of imide groups is 1. The number of rotatable bonds is 6. The molecule has 1 N–H and O–H groups in total. The molecule has 1 aliphatic rings. The van der Waals surface area contributed by atoms with Gasteiger partial charge in [-0.05, 0) is 42.5 Å². The molecule has 0 radical (unpaired) electrons. The van der Waals surface area contributed by atoms with Gasteiger partial charge in [0.15, 0.2) is 0 Å². The maximum atomic E-state index is 12.6. The van der Waals surface area contributed by atoms with E-state index < -0.39 is 5.25 Å². The Bertz CT molecular complexity index is 872. The molecule has 2 aromatic rings. The van der Waals surface area contributed by atoms with Gasteiger partial charge in [-0.25, -0.2) is 4.90 Å². The van der Waals surface area contributed by atoms with E-state index in [1.807, 2.05) is 0 Å². The molecule has 0 aliphatic carbocycles. The molecule has 27 heavy (non-hydrogen) atoms. The topological polar surface area (TPSA) is 75.7 Å². The van der Waals surface area contributed by atoms with Crippen LogP contribution in [0.5, 0.6) is 5.75 Å². The average molecular weight is 405 g/mol. The molecule has 1 aliphatic heterocycles. The zero-order chi connectivity index (χ0) is 19.4. The zero-order valence-electron chi connectivity index (χ0n) is 14.5. The third kappa shape index (κ3) is 4.61. The number of ether oxygens (including phenoxy) is 1. The van der Waals surface area contributed by atoms with E-state index in [1.54, 1.807) is 55.6 Å². The van der Waals surface area contributed by atoms with Gasteiger partial charge in [-0.1, -0.05) is 17.7 Å². The third-order valence-electron chi connectivity index (χ3n) is 3.96. The lowest BCUT2D eigenvalue weighted by atomic mass is 10.3. The second kappa shape index (κ2) is 8.45. The number of halogens is 1. The van der Waals surface area contributed by atoms with E-state index in [9.17, 15) is 14.4 Å². The highest BCUT2D eigenvalue weighted by Crippen LogP contribution is 2.31. The molecule has 2 aromatic carbocycles. The molecule has 0 bridgehead atoms. The van der Waals surface area contributed by atoms with E-state index in [0.717, 1.165) is 16.7 Å². The summed E-state index contributed by atoms with van der Waals surface area (Å²) < 4.78 is 5.07. The molecule has 6 nitrogen and oxygen atoms in total. The summed E-state index contributed by atoms with van der Waals surface area (Å²) in [6.07, 6.45) is 0.0613. The van der Waals surface area contributed by atoms with Crippen molar-refractivity contribution < 1.29 is 19.1 Å². The first kappa shape index (κ1) is 19.3. The maximum absolute atomic E-state index is 12.6. The smallest absolute Gasteiger partial charge is 0.247 e.